The highest BCUT2D eigenvalue weighted by molar-refractivity contribution is 9.10. The van der Waals surface area contributed by atoms with Crippen molar-refractivity contribution in [1.29, 1.82) is 0 Å². The lowest BCUT2D eigenvalue weighted by Gasteiger charge is -2.24. The predicted molar refractivity (Wildman–Crippen MR) is 107 cm³/mol. The van der Waals surface area contributed by atoms with Crippen molar-refractivity contribution in [3.05, 3.63) is 63.2 Å². The third kappa shape index (κ3) is 5.04. The lowest BCUT2D eigenvalue weighted by Crippen LogP contribution is -2.14. The summed E-state index contributed by atoms with van der Waals surface area (Å²) in [6, 6.07) is 8.26. The van der Waals surface area contributed by atoms with E-state index in [0.717, 1.165) is 49.3 Å². The van der Waals surface area contributed by atoms with Crippen molar-refractivity contribution >= 4 is 28.3 Å². The van der Waals surface area contributed by atoms with Gasteiger partial charge in [-0.2, -0.15) is 0 Å². The standard InChI is InChI=1S/C22H27BrO/c1-3-5-9-18-13-17(15-20-11-7-8-12-22(20)23)14-19(10-6-4-2)21(18)16-24/h7-8,11-16,21H,3-6,9-10H2,1-2H3. The first-order valence-electron chi connectivity index (χ1n) is 9.02. The molecule has 0 radical (unpaired) electrons. The molecule has 1 aromatic carbocycles. The van der Waals surface area contributed by atoms with Crippen LogP contribution in [0.4, 0.5) is 0 Å². The number of unbranched alkanes of at least 4 members (excludes halogenated alkanes) is 2. The fourth-order valence-corrected chi connectivity index (χ4v) is 3.53. The van der Waals surface area contributed by atoms with Crippen LogP contribution in [0.5, 0.6) is 0 Å². The van der Waals surface area contributed by atoms with E-state index in [4.69, 9.17) is 0 Å². The zero-order chi connectivity index (χ0) is 17.4. The van der Waals surface area contributed by atoms with Gasteiger partial charge in [-0.3, -0.25) is 0 Å². The lowest BCUT2D eigenvalue weighted by atomic mass is 9.80. The Kier molecular flexibility index (Phi) is 7.71. The summed E-state index contributed by atoms with van der Waals surface area (Å²) in [5, 5.41) is 0. The molecule has 0 N–H and O–H groups in total. The smallest absolute Gasteiger partial charge is 0.131 e. The molecule has 1 aromatic rings. The number of benzene rings is 1. The molecular formula is C22H27BrO. The van der Waals surface area contributed by atoms with Gasteiger partial charge >= 0.3 is 0 Å². The number of carbonyl (C=O) groups excluding carboxylic acids is 1. The number of rotatable bonds is 8. The first kappa shape index (κ1) is 18.9. The molecule has 1 nitrogen and oxygen atoms in total. The molecule has 0 spiro atoms. The van der Waals surface area contributed by atoms with E-state index in [9.17, 15) is 4.79 Å². The van der Waals surface area contributed by atoms with E-state index in [1.807, 2.05) is 6.07 Å². The molecule has 1 aliphatic rings. The van der Waals surface area contributed by atoms with Gasteiger partial charge in [-0.05, 0) is 49.0 Å². The number of aldehydes is 1. The van der Waals surface area contributed by atoms with Gasteiger partial charge in [-0.15, -0.1) is 0 Å². The Bertz CT molecular complexity index is 624. The topological polar surface area (TPSA) is 17.1 Å². The zero-order valence-corrected chi connectivity index (χ0v) is 16.3. The van der Waals surface area contributed by atoms with E-state index in [2.05, 4.69) is 66.2 Å². The van der Waals surface area contributed by atoms with Crippen molar-refractivity contribution in [3.8, 4) is 0 Å². The van der Waals surface area contributed by atoms with E-state index in [-0.39, 0.29) is 5.92 Å². The molecule has 0 unspecified atom stereocenters. The molecule has 0 fully saturated rings. The summed E-state index contributed by atoms with van der Waals surface area (Å²) in [5.41, 5.74) is 4.93. The third-order valence-corrected chi connectivity index (χ3v) is 5.23. The lowest BCUT2D eigenvalue weighted by molar-refractivity contribution is -0.109. The number of carbonyl (C=O) groups is 1. The number of allylic oxidation sites excluding steroid dienone is 5. The highest BCUT2D eigenvalue weighted by atomic mass is 79.9. The summed E-state index contributed by atoms with van der Waals surface area (Å²) in [4.78, 5) is 11.7. The van der Waals surface area contributed by atoms with Gasteiger partial charge in [0, 0.05) is 4.47 Å². The molecule has 0 amide bonds. The minimum atomic E-state index is -0.0144. The molecule has 0 aromatic heterocycles. The quantitative estimate of drug-likeness (QED) is 0.444. The largest absolute Gasteiger partial charge is 0.302 e. The van der Waals surface area contributed by atoms with Gasteiger partial charge in [-0.1, -0.05) is 84.1 Å². The third-order valence-electron chi connectivity index (χ3n) is 4.50. The van der Waals surface area contributed by atoms with Gasteiger partial charge in [0.05, 0.1) is 5.92 Å². The Morgan fingerprint density at radius 3 is 2.08 bits per heavy atom. The molecule has 128 valence electrons. The second-order valence-corrected chi connectivity index (χ2v) is 7.28. The van der Waals surface area contributed by atoms with Crippen LogP contribution in [0.2, 0.25) is 0 Å². The maximum absolute atomic E-state index is 11.7. The number of hydrogen-bond acceptors (Lipinski definition) is 1. The van der Waals surface area contributed by atoms with Gasteiger partial charge in [0.1, 0.15) is 6.29 Å². The fourth-order valence-electron chi connectivity index (χ4n) is 3.13. The Labute approximate surface area is 154 Å². The normalized spacial score (nSPS) is 17.3. The van der Waals surface area contributed by atoms with Crippen molar-refractivity contribution in [2.45, 2.75) is 52.4 Å². The van der Waals surface area contributed by atoms with Crippen LogP contribution in [-0.2, 0) is 4.79 Å². The second kappa shape index (κ2) is 9.78. The van der Waals surface area contributed by atoms with Crippen LogP contribution in [0.15, 0.2) is 57.6 Å². The summed E-state index contributed by atoms with van der Waals surface area (Å²) < 4.78 is 1.10. The molecular weight excluding hydrogens is 360 g/mol. The maximum Gasteiger partial charge on any atom is 0.131 e. The van der Waals surface area contributed by atoms with Crippen LogP contribution in [0.3, 0.4) is 0 Å². The fraction of sp³-hybridized carbons (Fsp3) is 0.409. The van der Waals surface area contributed by atoms with Gasteiger partial charge in [0.15, 0.2) is 0 Å². The van der Waals surface area contributed by atoms with E-state index >= 15 is 0 Å². The summed E-state index contributed by atoms with van der Waals surface area (Å²) in [6.07, 6.45) is 14.4. The van der Waals surface area contributed by atoms with E-state index in [1.165, 1.54) is 22.3 Å². The molecule has 0 heterocycles. The Hall–Kier alpha value is -1.41. The van der Waals surface area contributed by atoms with Crippen LogP contribution >= 0.6 is 15.9 Å². The SMILES string of the molecule is CCCCC1=CC(=Cc2ccccc2Br)C=C(CCCC)C1C=O. The van der Waals surface area contributed by atoms with Crippen LogP contribution in [0, 0.1) is 5.92 Å². The van der Waals surface area contributed by atoms with Crippen molar-refractivity contribution in [1.82, 2.24) is 0 Å². The Morgan fingerprint density at radius 2 is 1.58 bits per heavy atom. The monoisotopic (exact) mass is 386 g/mol. The minimum absolute atomic E-state index is 0.0144. The summed E-state index contributed by atoms with van der Waals surface area (Å²) in [7, 11) is 0. The number of hydrogen-bond donors (Lipinski definition) is 0. The molecule has 0 atom stereocenters. The first-order chi connectivity index (χ1) is 11.7. The van der Waals surface area contributed by atoms with Crippen molar-refractivity contribution in [3.63, 3.8) is 0 Å². The van der Waals surface area contributed by atoms with Gasteiger partial charge in [0.25, 0.3) is 0 Å². The van der Waals surface area contributed by atoms with Gasteiger partial charge < -0.3 is 4.79 Å². The molecule has 1 aliphatic carbocycles. The van der Waals surface area contributed by atoms with Crippen LogP contribution in [0.1, 0.15) is 57.9 Å². The van der Waals surface area contributed by atoms with Gasteiger partial charge in [0.2, 0.25) is 0 Å². The first-order valence-corrected chi connectivity index (χ1v) is 9.81. The average molecular weight is 387 g/mol. The number of halogens is 1. The molecule has 2 rings (SSSR count). The Morgan fingerprint density at radius 1 is 1.00 bits per heavy atom. The van der Waals surface area contributed by atoms with E-state index < -0.39 is 0 Å². The minimum Gasteiger partial charge on any atom is -0.302 e. The molecule has 0 bridgehead atoms. The zero-order valence-electron chi connectivity index (χ0n) is 14.7. The highest BCUT2D eigenvalue weighted by Crippen LogP contribution is 2.34. The summed E-state index contributed by atoms with van der Waals surface area (Å²) >= 11 is 3.62. The van der Waals surface area contributed by atoms with E-state index in [1.54, 1.807) is 0 Å². The molecule has 0 saturated carbocycles. The van der Waals surface area contributed by atoms with Crippen LogP contribution in [-0.4, -0.2) is 6.29 Å². The highest BCUT2D eigenvalue weighted by Gasteiger charge is 2.22. The average Bonchev–Trinajstić information content (AvgIpc) is 2.59. The van der Waals surface area contributed by atoms with E-state index in [0.29, 0.717) is 0 Å². The van der Waals surface area contributed by atoms with Crippen LogP contribution < -0.4 is 0 Å². The second-order valence-electron chi connectivity index (χ2n) is 6.43. The molecule has 2 heteroatoms. The maximum atomic E-state index is 11.7. The Balaban J connectivity index is 2.38. The van der Waals surface area contributed by atoms with Gasteiger partial charge in [-0.25, -0.2) is 0 Å². The van der Waals surface area contributed by atoms with Crippen molar-refractivity contribution < 1.29 is 4.79 Å². The summed E-state index contributed by atoms with van der Waals surface area (Å²) in [6.45, 7) is 4.40. The molecule has 0 aliphatic heterocycles. The van der Waals surface area contributed by atoms with Crippen molar-refractivity contribution in [2.75, 3.05) is 0 Å². The van der Waals surface area contributed by atoms with Crippen molar-refractivity contribution in [2.24, 2.45) is 5.92 Å². The molecule has 24 heavy (non-hydrogen) atoms. The predicted octanol–water partition coefficient (Wildman–Crippen LogP) is 6.89. The van der Waals surface area contributed by atoms with Crippen LogP contribution in [0.25, 0.3) is 6.08 Å². The summed E-state index contributed by atoms with van der Waals surface area (Å²) in [5.74, 6) is -0.0144. The molecule has 0 saturated heterocycles.